The summed E-state index contributed by atoms with van der Waals surface area (Å²) >= 11 is 0. The third kappa shape index (κ3) is 2.78. The van der Waals surface area contributed by atoms with E-state index in [9.17, 15) is 9.59 Å². The van der Waals surface area contributed by atoms with Crippen molar-refractivity contribution in [2.45, 2.75) is 6.92 Å². The number of carbonyl (C=O) groups excluding carboxylic acids is 2. The van der Waals surface area contributed by atoms with Crippen LogP contribution >= 0.6 is 0 Å². The monoisotopic (exact) mass is 303 g/mol. The summed E-state index contributed by atoms with van der Waals surface area (Å²) < 4.78 is 5.57. The molecule has 0 bridgehead atoms. The van der Waals surface area contributed by atoms with Gasteiger partial charge >= 0.3 is 11.8 Å². The highest BCUT2D eigenvalue weighted by atomic mass is 16.5. The molecule has 6 nitrogen and oxygen atoms in total. The van der Waals surface area contributed by atoms with Crippen LogP contribution in [-0.2, 0) is 9.59 Å². The third-order valence-electron chi connectivity index (χ3n) is 4.20. The minimum absolute atomic E-state index is 0.411. The van der Waals surface area contributed by atoms with Crippen molar-refractivity contribution < 1.29 is 14.3 Å². The van der Waals surface area contributed by atoms with Crippen LogP contribution in [-0.4, -0.2) is 68.0 Å². The van der Waals surface area contributed by atoms with E-state index in [1.165, 1.54) is 0 Å². The molecule has 2 amide bonds. The molecule has 0 aliphatic carbocycles. The molecule has 0 radical (unpaired) electrons. The second kappa shape index (κ2) is 5.96. The maximum Gasteiger partial charge on any atom is 0.316 e. The smallest absolute Gasteiger partial charge is 0.316 e. The molecule has 0 atom stereocenters. The predicted molar refractivity (Wildman–Crippen MR) is 83.1 cm³/mol. The first-order valence-electron chi connectivity index (χ1n) is 7.59. The maximum absolute atomic E-state index is 12.6. The van der Waals surface area contributed by atoms with Crippen molar-refractivity contribution in [1.82, 2.24) is 9.80 Å². The molecule has 3 rings (SSSR count). The van der Waals surface area contributed by atoms with Gasteiger partial charge in [0.1, 0.15) is 12.4 Å². The number of hydrogen-bond acceptors (Lipinski definition) is 4. The fourth-order valence-corrected chi connectivity index (χ4v) is 2.80. The quantitative estimate of drug-likeness (QED) is 0.655. The summed E-state index contributed by atoms with van der Waals surface area (Å²) in [5.41, 5.74) is 1.73. The largest absolute Gasteiger partial charge is 0.490 e. The molecule has 118 valence electrons. The van der Waals surface area contributed by atoms with Gasteiger partial charge in [-0.25, -0.2) is 0 Å². The van der Waals surface area contributed by atoms with Crippen molar-refractivity contribution in [2.75, 3.05) is 51.3 Å². The Kier molecular flexibility index (Phi) is 4.02. The number of hydrogen-bond donors (Lipinski definition) is 0. The van der Waals surface area contributed by atoms with E-state index < -0.39 is 11.8 Å². The van der Waals surface area contributed by atoms with Gasteiger partial charge in [-0.2, -0.15) is 0 Å². The fourth-order valence-electron chi connectivity index (χ4n) is 2.80. The van der Waals surface area contributed by atoms with Gasteiger partial charge in [-0.1, -0.05) is 6.07 Å². The number of benzene rings is 1. The van der Waals surface area contributed by atoms with Crippen LogP contribution in [0.3, 0.4) is 0 Å². The molecule has 0 unspecified atom stereocenters. The van der Waals surface area contributed by atoms with Gasteiger partial charge in [0.15, 0.2) is 0 Å². The molecule has 2 heterocycles. The Morgan fingerprint density at radius 3 is 2.50 bits per heavy atom. The number of fused-ring (bicyclic) bond motifs is 1. The van der Waals surface area contributed by atoms with Crippen LogP contribution in [0.5, 0.6) is 5.75 Å². The van der Waals surface area contributed by atoms with Crippen LogP contribution in [0.4, 0.5) is 5.69 Å². The fraction of sp³-hybridized carbons (Fsp3) is 0.500. The zero-order valence-corrected chi connectivity index (χ0v) is 13.0. The molecule has 0 spiro atoms. The van der Waals surface area contributed by atoms with Crippen molar-refractivity contribution in [3.05, 3.63) is 23.8 Å². The van der Waals surface area contributed by atoms with E-state index in [0.29, 0.717) is 37.7 Å². The van der Waals surface area contributed by atoms with Crippen LogP contribution in [0, 0.1) is 6.92 Å². The zero-order valence-electron chi connectivity index (χ0n) is 13.0. The number of anilines is 1. The van der Waals surface area contributed by atoms with E-state index in [2.05, 4.69) is 4.90 Å². The van der Waals surface area contributed by atoms with Crippen molar-refractivity contribution >= 4 is 17.5 Å². The normalized spacial score (nSPS) is 18.6. The molecule has 1 aromatic rings. The Morgan fingerprint density at radius 1 is 1.05 bits per heavy atom. The molecule has 0 saturated carbocycles. The molecular weight excluding hydrogens is 282 g/mol. The van der Waals surface area contributed by atoms with E-state index in [0.717, 1.165) is 18.7 Å². The number of rotatable bonds is 0. The van der Waals surface area contributed by atoms with Gasteiger partial charge in [-0.3, -0.25) is 14.5 Å². The maximum atomic E-state index is 12.6. The van der Waals surface area contributed by atoms with E-state index >= 15 is 0 Å². The van der Waals surface area contributed by atoms with E-state index in [-0.39, 0.29) is 0 Å². The second-order valence-electron chi connectivity index (χ2n) is 5.87. The van der Waals surface area contributed by atoms with Gasteiger partial charge < -0.3 is 14.5 Å². The van der Waals surface area contributed by atoms with Crippen LogP contribution in [0.25, 0.3) is 0 Å². The number of amides is 2. The zero-order chi connectivity index (χ0) is 15.7. The van der Waals surface area contributed by atoms with Crippen molar-refractivity contribution in [1.29, 1.82) is 0 Å². The lowest BCUT2D eigenvalue weighted by atomic mass is 10.1. The first kappa shape index (κ1) is 14.8. The average molecular weight is 303 g/mol. The lowest BCUT2D eigenvalue weighted by Gasteiger charge is -2.34. The molecular formula is C16H21N3O3. The van der Waals surface area contributed by atoms with Gasteiger partial charge in [0.2, 0.25) is 0 Å². The Hall–Kier alpha value is -2.08. The summed E-state index contributed by atoms with van der Waals surface area (Å²) in [4.78, 5) is 30.4. The van der Waals surface area contributed by atoms with Gasteiger partial charge in [0, 0.05) is 26.2 Å². The molecule has 2 aliphatic rings. The van der Waals surface area contributed by atoms with E-state index in [4.69, 9.17) is 4.74 Å². The average Bonchev–Trinajstić information content (AvgIpc) is 2.53. The molecule has 0 N–H and O–H groups in total. The highest BCUT2D eigenvalue weighted by Gasteiger charge is 2.32. The van der Waals surface area contributed by atoms with Crippen LogP contribution in [0.1, 0.15) is 5.56 Å². The first-order valence-corrected chi connectivity index (χ1v) is 7.59. The molecule has 1 saturated heterocycles. The summed E-state index contributed by atoms with van der Waals surface area (Å²) in [5, 5.41) is 0. The van der Waals surface area contributed by atoms with Crippen molar-refractivity contribution in [3.8, 4) is 5.75 Å². The molecule has 6 heteroatoms. The molecule has 1 fully saturated rings. The number of likely N-dealkylation sites (N-methyl/N-ethyl adjacent to an activating group) is 1. The minimum Gasteiger partial charge on any atom is -0.490 e. The van der Waals surface area contributed by atoms with Gasteiger partial charge in [-0.05, 0) is 31.7 Å². The highest BCUT2D eigenvalue weighted by Crippen LogP contribution is 2.32. The van der Waals surface area contributed by atoms with Crippen molar-refractivity contribution in [3.63, 3.8) is 0 Å². The Morgan fingerprint density at radius 2 is 1.77 bits per heavy atom. The Labute approximate surface area is 130 Å². The lowest BCUT2D eigenvalue weighted by molar-refractivity contribution is -0.145. The lowest BCUT2D eigenvalue weighted by Crippen LogP contribution is -2.53. The summed E-state index contributed by atoms with van der Waals surface area (Å²) in [5.74, 6) is -0.210. The van der Waals surface area contributed by atoms with E-state index in [1.54, 1.807) is 9.80 Å². The van der Waals surface area contributed by atoms with Gasteiger partial charge in [-0.15, -0.1) is 0 Å². The predicted octanol–water partition coefficient (Wildman–Crippen LogP) is 0.494. The number of aryl methyl sites for hydroxylation is 1. The van der Waals surface area contributed by atoms with E-state index in [1.807, 2.05) is 32.2 Å². The summed E-state index contributed by atoms with van der Waals surface area (Å²) in [6, 6.07) is 5.68. The van der Waals surface area contributed by atoms with Crippen molar-refractivity contribution in [2.24, 2.45) is 0 Å². The number of carbonyl (C=O) groups is 2. The molecule has 0 aromatic heterocycles. The topological polar surface area (TPSA) is 53.1 Å². The molecule has 22 heavy (non-hydrogen) atoms. The van der Waals surface area contributed by atoms with Crippen LogP contribution < -0.4 is 9.64 Å². The number of nitrogens with zero attached hydrogens (tertiary/aromatic N) is 3. The number of ether oxygens (including phenoxy) is 1. The summed E-state index contributed by atoms with van der Waals surface area (Å²) in [6.07, 6.45) is 0. The van der Waals surface area contributed by atoms with Crippen LogP contribution in [0.2, 0.25) is 0 Å². The summed E-state index contributed by atoms with van der Waals surface area (Å²) in [6.45, 7) is 5.60. The van der Waals surface area contributed by atoms with Crippen LogP contribution in [0.15, 0.2) is 18.2 Å². The second-order valence-corrected chi connectivity index (χ2v) is 5.87. The summed E-state index contributed by atoms with van der Waals surface area (Å²) in [7, 11) is 2.02. The Bertz CT molecular complexity index is 594. The van der Waals surface area contributed by atoms with Gasteiger partial charge in [0.05, 0.1) is 12.2 Å². The highest BCUT2D eigenvalue weighted by molar-refractivity contribution is 6.40. The van der Waals surface area contributed by atoms with Gasteiger partial charge in [0.25, 0.3) is 0 Å². The molecule has 1 aromatic carbocycles. The Balaban J connectivity index is 1.78. The minimum atomic E-state index is -0.459. The number of piperazine rings is 1. The third-order valence-corrected chi connectivity index (χ3v) is 4.20. The first-order chi connectivity index (χ1) is 10.6. The molecule has 2 aliphatic heterocycles. The standard InChI is InChI=1S/C16H21N3O3/c1-12-3-4-14-13(11-12)19(9-10-22-14)16(21)15(20)18-7-5-17(2)6-8-18/h3-4,11H,5-10H2,1-2H3. The SMILES string of the molecule is Cc1ccc2c(c1)N(C(=O)C(=O)N1CCN(C)CC1)CCO2.